The van der Waals surface area contributed by atoms with Crippen molar-refractivity contribution in [2.45, 2.75) is 32.2 Å². The summed E-state index contributed by atoms with van der Waals surface area (Å²) in [6.45, 7) is 8.60. The average Bonchev–Trinajstić information content (AvgIpc) is 3.27. The molecule has 194 valence electrons. The molecule has 1 spiro atoms. The highest BCUT2D eigenvalue weighted by Gasteiger charge is 2.66. The molecule has 2 heterocycles. The average molecular weight is 505 g/mol. The molecule has 8 nitrogen and oxygen atoms in total. The van der Waals surface area contributed by atoms with Crippen molar-refractivity contribution in [2.75, 3.05) is 38.3 Å². The number of rotatable bonds is 10. The number of anilines is 1. The molecular formula is C29H32N2O6. The number of aliphatic hydroxyl groups is 1. The zero-order chi connectivity index (χ0) is 26.7. The summed E-state index contributed by atoms with van der Waals surface area (Å²) in [5, 5.41) is 11.6. The summed E-state index contributed by atoms with van der Waals surface area (Å²) in [4.78, 5) is 44.2. The molecule has 0 aliphatic carbocycles. The van der Waals surface area contributed by atoms with Crippen LogP contribution in [-0.2, 0) is 24.7 Å². The molecule has 1 fully saturated rings. The summed E-state index contributed by atoms with van der Waals surface area (Å²) < 4.78 is 10.8. The van der Waals surface area contributed by atoms with Gasteiger partial charge in [0.25, 0.3) is 17.6 Å². The number of likely N-dealkylation sites (tertiary alicyclic amines) is 1. The Morgan fingerprint density at radius 3 is 2.57 bits per heavy atom. The molecule has 0 aromatic heterocycles. The lowest BCUT2D eigenvalue weighted by Crippen LogP contribution is -2.52. The molecule has 8 heteroatoms. The number of benzene rings is 2. The second kappa shape index (κ2) is 10.6. The molecule has 1 saturated heterocycles. The Kier molecular flexibility index (Phi) is 7.50. The minimum atomic E-state index is -1.76. The van der Waals surface area contributed by atoms with E-state index in [1.54, 1.807) is 48.4 Å². The third kappa shape index (κ3) is 4.11. The molecule has 37 heavy (non-hydrogen) atoms. The summed E-state index contributed by atoms with van der Waals surface area (Å²) in [7, 11) is 1.55. The number of ether oxygens (including phenoxy) is 2. The largest absolute Gasteiger partial charge is 0.507 e. The van der Waals surface area contributed by atoms with Crippen molar-refractivity contribution in [2.24, 2.45) is 0 Å². The number of fused-ring (bicyclic) bond motifs is 2. The maximum absolute atomic E-state index is 14.3. The number of aryl methyl sites for hydroxylation is 1. The van der Waals surface area contributed by atoms with E-state index in [0.29, 0.717) is 55.2 Å². The van der Waals surface area contributed by atoms with Crippen molar-refractivity contribution >= 4 is 29.0 Å². The van der Waals surface area contributed by atoms with E-state index in [2.05, 4.69) is 6.58 Å². The van der Waals surface area contributed by atoms with Gasteiger partial charge in [0, 0.05) is 37.9 Å². The number of Topliss-reactive ketones (excluding diaryl/α,β-unsaturated/α-hetero) is 1. The van der Waals surface area contributed by atoms with E-state index >= 15 is 0 Å². The summed E-state index contributed by atoms with van der Waals surface area (Å²) in [5.41, 5.74) is 0.198. The van der Waals surface area contributed by atoms with Crippen LogP contribution in [0, 0.1) is 6.92 Å². The van der Waals surface area contributed by atoms with Crippen LogP contribution < -0.4 is 9.64 Å². The van der Waals surface area contributed by atoms with Crippen LogP contribution in [0.25, 0.3) is 5.76 Å². The van der Waals surface area contributed by atoms with Gasteiger partial charge in [-0.1, -0.05) is 37.8 Å². The van der Waals surface area contributed by atoms with Gasteiger partial charge in [-0.3, -0.25) is 14.4 Å². The van der Waals surface area contributed by atoms with Crippen LogP contribution in [-0.4, -0.2) is 61.0 Å². The molecule has 2 aromatic carbocycles. The highest BCUT2D eigenvalue weighted by molar-refractivity contribution is 6.50. The zero-order valence-electron chi connectivity index (χ0n) is 21.5. The minimum Gasteiger partial charge on any atom is -0.507 e. The Balaban J connectivity index is 1.96. The highest BCUT2D eigenvalue weighted by Crippen LogP contribution is 2.53. The molecule has 1 atom stereocenters. The molecule has 1 N–H and O–H groups in total. The fourth-order valence-electron chi connectivity index (χ4n) is 5.23. The smallest absolute Gasteiger partial charge is 0.296 e. The van der Waals surface area contributed by atoms with E-state index in [1.165, 1.54) is 4.90 Å². The van der Waals surface area contributed by atoms with Gasteiger partial charge in [0.15, 0.2) is 5.54 Å². The first-order chi connectivity index (χ1) is 17.8. The second-order valence-electron chi connectivity index (χ2n) is 9.12. The molecule has 2 amide bonds. The van der Waals surface area contributed by atoms with Gasteiger partial charge in [-0.25, -0.2) is 0 Å². The number of nitrogens with zero attached hydrogens (tertiary/aromatic N) is 2. The highest BCUT2D eigenvalue weighted by atomic mass is 16.5. The van der Waals surface area contributed by atoms with E-state index in [9.17, 15) is 19.5 Å². The number of methoxy groups -OCH3 is 1. The van der Waals surface area contributed by atoms with Crippen molar-refractivity contribution in [3.63, 3.8) is 0 Å². The lowest BCUT2D eigenvalue weighted by atomic mass is 9.81. The maximum Gasteiger partial charge on any atom is 0.296 e. The second-order valence-corrected chi connectivity index (χ2v) is 9.12. The summed E-state index contributed by atoms with van der Waals surface area (Å²) in [5.74, 6) is -1.92. The van der Waals surface area contributed by atoms with Crippen molar-refractivity contribution in [1.82, 2.24) is 4.90 Å². The molecule has 1 unspecified atom stereocenters. The van der Waals surface area contributed by atoms with Crippen LogP contribution in [0.5, 0.6) is 5.75 Å². The van der Waals surface area contributed by atoms with Gasteiger partial charge >= 0.3 is 0 Å². The normalized spacial score (nSPS) is 20.1. The number of hydrogen-bond donors (Lipinski definition) is 1. The van der Waals surface area contributed by atoms with Crippen molar-refractivity contribution in [1.29, 1.82) is 0 Å². The van der Waals surface area contributed by atoms with Gasteiger partial charge in [-0.05, 0) is 49.6 Å². The molecule has 2 aliphatic heterocycles. The van der Waals surface area contributed by atoms with Crippen LogP contribution in [0.15, 0.2) is 60.7 Å². The van der Waals surface area contributed by atoms with Gasteiger partial charge < -0.3 is 24.4 Å². The Morgan fingerprint density at radius 1 is 1.14 bits per heavy atom. The van der Waals surface area contributed by atoms with Gasteiger partial charge in [-0.2, -0.15) is 0 Å². The van der Waals surface area contributed by atoms with Crippen LogP contribution in [0.4, 0.5) is 5.69 Å². The number of hydrogen-bond acceptors (Lipinski definition) is 6. The third-order valence-corrected chi connectivity index (χ3v) is 6.79. The van der Waals surface area contributed by atoms with E-state index in [4.69, 9.17) is 9.47 Å². The van der Waals surface area contributed by atoms with Crippen molar-refractivity contribution in [3.05, 3.63) is 77.4 Å². The minimum absolute atomic E-state index is 0.114. The Hall–Kier alpha value is -3.91. The summed E-state index contributed by atoms with van der Waals surface area (Å²) in [6, 6.07) is 12.1. The lowest BCUT2D eigenvalue weighted by Gasteiger charge is -2.34. The van der Waals surface area contributed by atoms with E-state index in [1.807, 2.05) is 26.0 Å². The predicted molar refractivity (Wildman–Crippen MR) is 140 cm³/mol. The Labute approximate surface area is 216 Å². The molecule has 2 aliphatic rings. The summed E-state index contributed by atoms with van der Waals surface area (Å²) >= 11 is 0. The van der Waals surface area contributed by atoms with Gasteiger partial charge in [0.05, 0.1) is 11.3 Å². The monoisotopic (exact) mass is 504 g/mol. The number of carbonyl (C=O) groups is 3. The van der Waals surface area contributed by atoms with Gasteiger partial charge in [0.1, 0.15) is 18.1 Å². The molecule has 4 rings (SSSR count). The molecular weight excluding hydrogens is 472 g/mol. The van der Waals surface area contributed by atoms with Crippen LogP contribution >= 0.6 is 0 Å². The number of carbonyl (C=O) groups excluding carboxylic acids is 3. The first kappa shape index (κ1) is 26.2. The molecule has 2 aromatic rings. The third-order valence-electron chi connectivity index (χ3n) is 6.79. The summed E-state index contributed by atoms with van der Waals surface area (Å²) in [6.07, 6.45) is 2.73. The number of aliphatic hydroxyl groups excluding tert-OH is 1. The fourth-order valence-corrected chi connectivity index (χ4v) is 5.23. The molecule has 0 bridgehead atoms. The first-order valence-electron chi connectivity index (χ1n) is 12.4. The molecule has 0 saturated carbocycles. The predicted octanol–water partition coefficient (Wildman–Crippen LogP) is 3.93. The van der Waals surface area contributed by atoms with E-state index in [0.717, 1.165) is 5.56 Å². The SMILES string of the molecule is C=CCOc1ccc(C(O)=C2C(=O)C(=O)N(CCCOC)C23C(=O)N(CCC)c2ccccc23)cc1C. The number of amides is 2. The number of para-hydroxylation sites is 1. The fraction of sp³-hybridized carbons (Fsp3) is 0.345. The van der Waals surface area contributed by atoms with Gasteiger partial charge in [-0.15, -0.1) is 0 Å². The van der Waals surface area contributed by atoms with Crippen molar-refractivity contribution in [3.8, 4) is 5.75 Å². The lowest BCUT2D eigenvalue weighted by molar-refractivity contribution is -0.143. The number of ketones is 1. The quantitative estimate of drug-likeness (QED) is 0.173. The zero-order valence-corrected chi connectivity index (χ0v) is 21.5. The van der Waals surface area contributed by atoms with Gasteiger partial charge in [0.2, 0.25) is 0 Å². The van der Waals surface area contributed by atoms with E-state index in [-0.39, 0.29) is 12.1 Å². The van der Waals surface area contributed by atoms with Crippen molar-refractivity contribution < 1.29 is 29.0 Å². The first-order valence-corrected chi connectivity index (χ1v) is 12.4. The van der Waals surface area contributed by atoms with E-state index < -0.39 is 28.9 Å². The maximum atomic E-state index is 14.3. The Morgan fingerprint density at radius 2 is 1.89 bits per heavy atom. The topological polar surface area (TPSA) is 96.4 Å². The van der Waals surface area contributed by atoms with Crippen LogP contribution in [0.1, 0.15) is 36.5 Å². The standard InChI is InChI=1S/C29H32N2O6/c1-5-14-30-22-11-8-7-10-21(22)29(28(30)35)24(26(33)27(34)31(29)15-9-17-36-4)25(32)20-12-13-23(19(3)18-20)37-16-6-2/h6-8,10-13,18,32H,2,5,9,14-17H2,1,3-4H3. The molecule has 0 radical (unpaired) electrons. The van der Waals surface area contributed by atoms with Crippen LogP contribution in [0.3, 0.4) is 0 Å². The Bertz CT molecular complexity index is 1280. The van der Waals surface area contributed by atoms with Crippen LogP contribution in [0.2, 0.25) is 0 Å².